The zero-order valence-electron chi connectivity index (χ0n) is 12.6. The van der Waals surface area contributed by atoms with Crippen molar-refractivity contribution < 1.29 is 5.11 Å². The van der Waals surface area contributed by atoms with Crippen molar-refractivity contribution in [2.24, 2.45) is 5.10 Å². The summed E-state index contributed by atoms with van der Waals surface area (Å²) >= 11 is 5.27. The quantitative estimate of drug-likeness (QED) is 0.456. The van der Waals surface area contributed by atoms with Crippen LogP contribution in [0.25, 0.3) is 0 Å². The van der Waals surface area contributed by atoms with Crippen molar-refractivity contribution in [1.82, 2.24) is 10.7 Å². The van der Waals surface area contributed by atoms with Gasteiger partial charge < -0.3 is 10.4 Å². The molecule has 0 unspecified atom stereocenters. The summed E-state index contributed by atoms with van der Waals surface area (Å²) < 4.78 is 0. The molecule has 3 N–H and O–H groups in total. The summed E-state index contributed by atoms with van der Waals surface area (Å²) in [5.74, 6) is 0.231. The Labute approximate surface area is 131 Å². The Morgan fingerprint density at radius 1 is 1.29 bits per heavy atom. The second-order valence-corrected chi connectivity index (χ2v) is 6.05. The van der Waals surface area contributed by atoms with Crippen LogP contribution in [-0.4, -0.2) is 22.0 Å². The van der Waals surface area contributed by atoms with Crippen molar-refractivity contribution in [2.45, 2.75) is 52.0 Å². The van der Waals surface area contributed by atoms with Gasteiger partial charge in [0.25, 0.3) is 0 Å². The average molecular weight is 305 g/mol. The van der Waals surface area contributed by atoms with Gasteiger partial charge in [0.1, 0.15) is 5.75 Å². The molecule has 0 amide bonds. The molecule has 0 spiro atoms. The standard InChI is InChI=1S/C16H23N3OS/c1-11-8-9-15(20)14(10-11)12(2)18-19-16(21)17-13-6-4-3-5-7-13/h8-10,13,20H,3-7H2,1-2H3,(H2,17,19,21). The molecule has 0 saturated heterocycles. The molecular formula is C16H23N3OS. The molecule has 114 valence electrons. The van der Waals surface area contributed by atoms with Crippen LogP contribution < -0.4 is 10.7 Å². The lowest BCUT2D eigenvalue weighted by Crippen LogP contribution is -2.41. The number of thiocarbonyl (C=S) groups is 1. The van der Waals surface area contributed by atoms with E-state index < -0.39 is 0 Å². The number of phenols is 1. The average Bonchev–Trinajstić information content (AvgIpc) is 2.48. The molecule has 1 aliphatic carbocycles. The molecule has 1 aliphatic rings. The van der Waals surface area contributed by atoms with Gasteiger partial charge in [0, 0.05) is 11.6 Å². The van der Waals surface area contributed by atoms with E-state index >= 15 is 0 Å². The first-order chi connectivity index (χ1) is 10.1. The topological polar surface area (TPSA) is 56.7 Å². The first kappa shape index (κ1) is 15.8. The second-order valence-electron chi connectivity index (χ2n) is 5.64. The second kappa shape index (κ2) is 7.41. The van der Waals surface area contributed by atoms with Crippen molar-refractivity contribution >= 4 is 23.0 Å². The molecule has 0 aromatic heterocycles. The summed E-state index contributed by atoms with van der Waals surface area (Å²) in [6.45, 7) is 3.84. The molecule has 0 radical (unpaired) electrons. The monoisotopic (exact) mass is 305 g/mol. The Bertz CT molecular complexity index is 536. The van der Waals surface area contributed by atoms with E-state index in [1.54, 1.807) is 6.07 Å². The van der Waals surface area contributed by atoms with E-state index in [0.29, 0.717) is 16.9 Å². The normalized spacial score (nSPS) is 16.6. The minimum atomic E-state index is 0.231. The van der Waals surface area contributed by atoms with Crippen molar-refractivity contribution in [3.8, 4) is 5.75 Å². The minimum Gasteiger partial charge on any atom is -0.507 e. The summed E-state index contributed by atoms with van der Waals surface area (Å²) in [4.78, 5) is 0. The lowest BCUT2D eigenvalue weighted by Gasteiger charge is -2.23. The molecule has 0 heterocycles. The van der Waals surface area contributed by atoms with Crippen molar-refractivity contribution in [3.05, 3.63) is 29.3 Å². The first-order valence-corrected chi connectivity index (χ1v) is 7.88. The lowest BCUT2D eigenvalue weighted by molar-refractivity contribution is 0.412. The van der Waals surface area contributed by atoms with E-state index in [4.69, 9.17) is 12.2 Å². The summed E-state index contributed by atoms with van der Waals surface area (Å²) in [6, 6.07) is 5.92. The molecule has 1 aromatic rings. The summed E-state index contributed by atoms with van der Waals surface area (Å²) in [7, 11) is 0. The highest BCUT2D eigenvalue weighted by molar-refractivity contribution is 7.80. The van der Waals surface area contributed by atoms with E-state index in [1.165, 1.54) is 32.1 Å². The number of hydrogen-bond donors (Lipinski definition) is 3. The van der Waals surface area contributed by atoms with E-state index in [9.17, 15) is 5.11 Å². The van der Waals surface area contributed by atoms with Crippen LogP contribution in [0, 0.1) is 6.92 Å². The summed E-state index contributed by atoms with van der Waals surface area (Å²) in [5.41, 5.74) is 5.39. The van der Waals surface area contributed by atoms with Crippen LogP contribution in [0.1, 0.15) is 50.2 Å². The molecule has 21 heavy (non-hydrogen) atoms. The molecular weight excluding hydrogens is 282 g/mol. The van der Waals surface area contributed by atoms with E-state index in [2.05, 4.69) is 15.8 Å². The molecule has 1 saturated carbocycles. The first-order valence-electron chi connectivity index (χ1n) is 7.47. The number of rotatable bonds is 3. The van der Waals surface area contributed by atoms with Gasteiger partial charge in [-0.1, -0.05) is 30.9 Å². The molecule has 4 nitrogen and oxygen atoms in total. The summed E-state index contributed by atoms with van der Waals surface area (Å²) in [6.07, 6.45) is 6.19. The van der Waals surface area contributed by atoms with Crippen LogP contribution in [0.2, 0.25) is 0 Å². The number of hydrazone groups is 1. The molecule has 1 aromatic carbocycles. The third kappa shape index (κ3) is 4.70. The molecule has 5 heteroatoms. The van der Waals surface area contributed by atoms with Crippen LogP contribution >= 0.6 is 12.2 Å². The van der Waals surface area contributed by atoms with Crippen molar-refractivity contribution in [3.63, 3.8) is 0 Å². The number of benzene rings is 1. The lowest BCUT2D eigenvalue weighted by atomic mass is 9.96. The Kier molecular flexibility index (Phi) is 5.56. The largest absolute Gasteiger partial charge is 0.507 e. The van der Waals surface area contributed by atoms with Gasteiger partial charge in [0.15, 0.2) is 5.11 Å². The Hall–Kier alpha value is -1.62. The Balaban J connectivity index is 1.93. The predicted octanol–water partition coefficient (Wildman–Crippen LogP) is 3.22. The van der Waals surface area contributed by atoms with Crippen LogP contribution in [-0.2, 0) is 0 Å². The zero-order chi connectivity index (χ0) is 15.2. The minimum absolute atomic E-state index is 0.231. The number of nitrogens with zero attached hydrogens (tertiary/aromatic N) is 1. The molecule has 1 fully saturated rings. The molecule has 2 rings (SSSR count). The maximum Gasteiger partial charge on any atom is 0.187 e. The third-order valence-electron chi connectivity index (χ3n) is 3.81. The third-order valence-corrected chi connectivity index (χ3v) is 4.02. The van der Waals surface area contributed by atoms with Crippen molar-refractivity contribution in [2.75, 3.05) is 0 Å². The number of aryl methyl sites for hydroxylation is 1. The van der Waals surface area contributed by atoms with E-state index in [0.717, 1.165) is 11.1 Å². The highest BCUT2D eigenvalue weighted by Gasteiger charge is 2.13. The number of phenolic OH excluding ortho intramolecular Hbond substituents is 1. The number of hydrogen-bond acceptors (Lipinski definition) is 3. The predicted molar refractivity (Wildman–Crippen MR) is 90.8 cm³/mol. The number of nitrogens with one attached hydrogen (secondary N) is 2. The van der Waals surface area contributed by atoms with Crippen LogP contribution in [0.15, 0.2) is 23.3 Å². The van der Waals surface area contributed by atoms with Gasteiger partial charge in [0.05, 0.1) is 5.71 Å². The van der Waals surface area contributed by atoms with E-state index in [-0.39, 0.29) is 5.75 Å². The highest BCUT2D eigenvalue weighted by Crippen LogP contribution is 2.19. The fourth-order valence-electron chi connectivity index (χ4n) is 2.60. The number of aromatic hydroxyl groups is 1. The van der Waals surface area contributed by atoms with Gasteiger partial charge >= 0.3 is 0 Å². The zero-order valence-corrected chi connectivity index (χ0v) is 13.5. The maximum absolute atomic E-state index is 9.87. The molecule has 0 atom stereocenters. The van der Waals surface area contributed by atoms with Gasteiger partial charge in [-0.05, 0) is 51.0 Å². The highest BCUT2D eigenvalue weighted by atomic mass is 32.1. The van der Waals surface area contributed by atoms with Gasteiger partial charge in [-0.2, -0.15) is 5.10 Å². The van der Waals surface area contributed by atoms with Gasteiger partial charge in [-0.25, -0.2) is 0 Å². The summed E-state index contributed by atoms with van der Waals surface area (Å²) in [5, 5.41) is 18.0. The Morgan fingerprint density at radius 3 is 2.71 bits per heavy atom. The SMILES string of the molecule is CC(=NNC(=S)NC1CCCCC1)c1cc(C)ccc1O. The maximum atomic E-state index is 9.87. The van der Waals surface area contributed by atoms with Gasteiger partial charge in [-0.3, -0.25) is 5.43 Å². The molecule has 0 bridgehead atoms. The fraction of sp³-hybridized carbons (Fsp3) is 0.500. The van der Waals surface area contributed by atoms with Crippen LogP contribution in [0.3, 0.4) is 0 Å². The van der Waals surface area contributed by atoms with Crippen LogP contribution in [0.4, 0.5) is 0 Å². The Morgan fingerprint density at radius 2 is 2.00 bits per heavy atom. The van der Waals surface area contributed by atoms with E-state index in [1.807, 2.05) is 26.0 Å². The smallest absolute Gasteiger partial charge is 0.187 e. The fourth-order valence-corrected chi connectivity index (χ4v) is 2.81. The van der Waals surface area contributed by atoms with Crippen molar-refractivity contribution in [1.29, 1.82) is 0 Å². The van der Waals surface area contributed by atoms with Crippen LogP contribution in [0.5, 0.6) is 5.75 Å². The van der Waals surface area contributed by atoms with Gasteiger partial charge in [0.2, 0.25) is 0 Å². The van der Waals surface area contributed by atoms with Gasteiger partial charge in [-0.15, -0.1) is 0 Å². The molecule has 0 aliphatic heterocycles.